The molecule has 2 rings (SSSR count). The zero-order valence-electron chi connectivity index (χ0n) is 11.1. The summed E-state index contributed by atoms with van der Waals surface area (Å²) in [6, 6.07) is 0. The second-order valence-electron chi connectivity index (χ2n) is 5.65. The van der Waals surface area contributed by atoms with Crippen LogP contribution >= 0.6 is 0 Å². The lowest BCUT2D eigenvalue weighted by Gasteiger charge is -2.35. The van der Waals surface area contributed by atoms with E-state index in [2.05, 4.69) is 11.5 Å². The van der Waals surface area contributed by atoms with Gasteiger partial charge in [0.05, 0.1) is 12.7 Å². The Bertz CT molecular complexity index is 223. The fourth-order valence-corrected chi connectivity index (χ4v) is 3.25. The molecule has 2 nitrogen and oxygen atoms in total. The van der Waals surface area contributed by atoms with Crippen molar-refractivity contribution in [1.82, 2.24) is 4.90 Å². The number of nitrogens with zero attached hydrogens (tertiary/aromatic N) is 1. The Hall–Kier alpha value is -0.340. The van der Waals surface area contributed by atoms with Gasteiger partial charge >= 0.3 is 0 Å². The summed E-state index contributed by atoms with van der Waals surface area (Å²) in [4.78, 5) is 2.63. The first-order valence-electron chi connectivity index (χ1n) is 7.33. The van der Waals surface area contributed by atoms with Crippen LogP contribution in [0.2, 0.25) is 0 Å². The van der Waals surface area contributed by atoms with Crippen LogP contribution in [0.3, 0.4) is 0 Å². The Labute approximate surface area is 106 Å². The van der Waals surface area contributed by atoms with Gasteiger partial charge in [0.1, 0.15) is 0 Å². The molecule has 1 aliphatic heterocycles. The lowest BCUT2D eigenvalue weighted by molar-refractivity contribution is 0.00722. The number of hydrogen-bond donors (Lipinski definition) is 0. The minimum absolute atomic E-state index is 0.449. The molecule has 17 heavy (non-hydrogen) atoms. The number of likely N-dealkylation sites (tertiary alicyclic amines) is 1. The average molecular weight is 237 g/mol. The van der Waals surface area contributed by atoms with E-state index in [1.807, 2.05) is 6.08 Å². The van der Waals surface area contributed by atoms with Gasteiger partial charge in [0.25, 0.3) is 0 Å². The molecule has 1 aliphatic carbocycles. The highest BCUT2D eigenvalue weighted by atomic mass is 16.5. The summed E-state index contributed by atoms with van der Waals surface area (Å²) in [6.45, 7) is 8.17. The molecule has 0 N–H and O–H groups in total. The summed E-state index contributed by atoms with van der Waals surface area (Å²) in [5.74, 6) is 0.960. The van der Waals surface area contributed by atoms with Gasteiger partial charge in [0.2, 0.25) is 0 Å². The van der Waals surface area contributed by atoms with Crippen molar-refractivity contribution in [1.29, 1.82) is 0 Å². The van der Waals surface area contributed by atoms with E-state index in [1.54, 1.807) is 0 Å². The van der Waals surface area contributed by atoms with Crippen LogP contribution in [0.1, 0.15) is 44.9 Å². The molecule has 0 aromatic heterocycles. The fourth-order valence-electron chi connectivity index (χ4n) is 3.25. The molecule has 1 saturated carbocycles. The molecule has 2 heteroatoms. The molecule has 1 heterocycles. The molecule has 1 saturated heterocycles. The Kier molecular flexibility index (Phi) is 5.53. The fraction of sp³-hybridized carbons (Fsp3) is 0.867. The quantitative estimate of drug-likeness (QED) is 0.681. The summed E-state index contributed by atoms with van der Waals surface area (Å²) >= 11 is 0. The monoisotopic (exact) mass is 237 g/mol. The van der Waals surface area contributed by atoms with Gasteiger partial charge in [-0.1, -0.05) is 25.3 Å². The molecule has 1 atom stereocenters. The number of rotatable bonds is 5. The van der Waals surface area contributed by atoms with Gasteiger partial charge in [-0.05, 0) is 38.1 Å². The Balaban J connectivity index is 1.70. The van der Waals surface area contributed by atoms with Crippen molar-refractivity contribution in [3.8, 4) is 0 Å². The van der Waals surface area contributed by atoms with Gasteiger partial charge in [-0.15, -0.1) is 6.58 Å². The molecular weight excluding hydrogens is 210 g/mol. The number of piperidine rings is 1. The molecule has 0 aromatic carbocycles. The van der Waals surface area contributed by atoms with Gasteiger partial charge < -0.3 is 9.64 Å². The highest BCUT2D eigenvalue weighted by Crippen LogP contribution is 2.25. The maximum atomic E-state index is 5.79. The van der Waals surface area contributed by atoms with Crippen LogP contribution in [0.25, 0.3) is 0 Å². The molecule has 0 spiro atoms. The summed E-state index contributed by atoms with van der Waals surface area (Å²) in [5.41, 5.74) is 0. The lowest BCUT2D eigenvalue weighted by Crippen LogP contribution is -2.42. The van der Waals surface area contributed by atoms with Crippen molar-refractivity contribution in [2.24, 2.45) is 5.92 Å². The largest absolute Gasteiger partial charge is 0.373 e. The molecule has 0 amide bonds. The van der Waals surface area contributed by atoms with Crippen LogP contribution in [-0.2, 0) is 4.74 Å². The van der Waals surface area contributed by atoms with Crippen molar-refractivity contribution in [2.75, 3.05) is 26.2 Å². The second-order valence-corrected chi connectivity index (χ2v) is 5.65. The van der Waals surface area contributed by atoms with Crippen LogP contribution < -0.4 is 0 Å². The van der Waals surface area contributed by atoms with Crippen molar-refractivity contribution >= 4 is 0 Å². The number of ether oxygens (including phenoxy) is 1. The van der Waals surface area contributed by atoms with Crippen molar-refractivity contribution < 1.29 is 4.74 Å². The SMILES string of the molecule is C=CCOC1CCCN(CC2CCCCC2)C1. The third kappa shape index (κ3) is 4.44. The van der Waals surface area contributed by atoms with Crippen LogP contribution in [0.15, 0.2) is 12.7 Å². The Morgan fingerprint density at radius 3 is 2.71 bits per heavy atom. The first-order chi connectivity index (χ1) is 8.38. The minimum atomic E-state index is 0.449. The zero-order chi connectivity index (χ0) is 11.9. The predicted octanol–water partition coefficient (Wildman–Crippen LogP) is 3.23. The first kappa shape index (κ1) is 13.1. The molecule has 0 bridgehead atoms. The average Bonchev–Trinajstić information content (AvgIpc) is 2.38. The van der Waals surface area contributed by atoms with Crippen molar-refractivity contribution in [2.45, 2.75) is 51.0 Å². The Morgan fingerprint density at radius 2 is 1.94 bits per heavy atom. The van der Waals surface area contributed by atoms with Gasteiger partial charge in [-0.25, -0.2) is 0 Å². The van der Waals surface area contributed by atoms with E-state index in [0.717, 1.165) is 12.5 Å². The highest BCUT2D eigenvalue weighted by molar-refractivity contribution is 4.78. The first-order valence-corrected chi connectivity index (χ1v) is 7.33. The summed E-state index contributed by atoms with van der Waals surface area (Å²) < 4.78 is 5.79. The maximum absolute atomic E-state index is 5.79. The van der Waals surface area contributed by atoms with Crippen molar-refractivity contribution in [3.05, 3.63) is 12.7 Å². The van der Waals surface area contributed by atoms with E-state index in [4.69, 9.17) is 4.74 Å². The van der Waals surface area contributed by atoms with Crippen LogP contribution in [0.5, 0.6) is 0 Å². The second kappa shape index (κ2) is 7.17. The van der Waals surface area contributed by atoms with Crippen LogP contribution in [0, 0.1) is 5.92 Å². The van der Waals surface area contributed by atoms with Crippen molar-refractivity contribution in [3.63, 3.8) is 0 Å². The predicted molar refractivity (Wildman–Crippen MR) is 72.2 cm³/mol. The minimum Gasteiger partial charge on any atom is -0.373 e. The van der Waals surface area contributed by atoms with E-state index >= 15 is 0 Å². The summed E-state index contributed by atoms with van der Waals surface area (Å²) in [5, 5.41) is 0. The lowest BCUT2D eigenvalue weighted by atomic mass is 9.88. The highest BCUT2D eigenvalue weighted by Gasteiger charge is 2.23. The van der Waals surface area contributed by atoms with E-state index < -0.39 is 0 Å². The molecule has 2 fully saturated rings. The molecule has 0 radical (unpaired) electrons. The molecular formula is C15H27NO. The topological polar surface area (TPSA) is 12.5 Å². The molecule has 2 aliphatic rings. The van der Waals surface area contributed by atoms with Crippen LogP contribution in [0.4, 0.5) is 0 Å². The normalized spacial score (nSPS) is 28.1. The number of hydrogen-bond acceptors (Lipinski definition) is 2. The molecule has 98 valence electrons. The standard InChI is InChI=1S/C15H27NO/c1-2-11-17-15-9-6-10-16(13-15)12-14-7-4-3-5-8-14/h2,14-15H,1,3-13H2. The Morgan fingerprint density at radius 1 is 1.12 bits per heavy atom. The smallest absolute Gasteiger partial charge is 0.0706 e. The molecule has 1 unspecified atom stereocenters. The summed E-state index contributed by atoms with van der Waals surface area (Å²) in [6.07, 6.45) is 12.1. The van der Waals surface area contributed by atoms with Gasteiger partial charge in [0.15, 0.2) is 0 Å². The van der Waals surface area contributed by atoms with Gasteiger partial charge in [-0.2, -0.15) is 0 Å². The molecule has 0 aromatic rings. The van der Waals surface area contributed by atoms with E-state index in [9.17, 15) is 0 Å². The van der Waals surface area contributed by atoms with Gasteiger partial charge in [-0.3, -0.25) is 0 Å². The third-order valence-corrected chi connectivity index (χ3v) is 4.15. The van der Waals surface area contributed by atoms with E-state index in [0.29, 0.717) is 12.7 Å². The van der Waals surface area contributed by atoms with Gasteiger partial charge in [0, 0.05) is 13.1 Å². The maximum Gasteiger partial charge on any atom is 0.0706 e. The van der Waals surface area contributed by atoms with E-state index in [-0.39, 0.29) is 0 Å². The van der Waals surface area contributed by atoms with Crippen LogP contribution in [-0.4, -0.2) is 37.2 Å². The summed E-state index contributed by atoms with van der Waals surface area (Å²) in [7, 11) is 0. The van der Waals surface area contributed by atoms with E-state index in [1.165, 1.54) is 58.0 Å². The zero-order valence-corrected chi connectivity index (χ0v) is 11.1. The third-order valence-electron chi connectivity index (χ3n) is 4.15.